The molecule has 1 N–H and O–H groups in total. The van der Waals surface area contributed by atoms with Gasteiger partial charge in [-0.15, -0.1) is 0 Å². The molecule has 9 nitrogen and oxygen atoms in total. The summed E-state index contributed by atoms with van der Waals surface area (Å²) in [6.45, 7) is 5.39. The highest BCUT2D eigenvalue weighted by Gasteiger charge is 2.37. The number of β-amino-alcohol motifs (C(OH)–C–C–N with tert-alkyl or cyclic N) is 1. The Bertz CT molecular complexity index is 1160. The van der Waals surface area contributed by atoms with Gasteiger partial charge in [0, 0.05) is 52.6 Å². The van der Waals surface area contributed by atoms with E-state index in [0.717, 1.165) is 37.8 Å². The van der Waals surface area contributed by atoms with Gasteiger partial charge in [-0.25, -0.2) is 4.39 Å². The Morgan fingerprint density at radius 2 is 1.80 bits per heavy atom. The van der Waals surface area contributed by atoms with Crippen molar-refractivity contribution in [2.24, 2.45) is 0 Å². The number of ether oxygens (including phenoxy) is 3. The molecule has 224 valence electrons. The van der Waals surface area contributed by atoms with Crippen molar-refractivity contribution >= 4 is 11.8 Å². The quantitative estimate of drug-likeness (QED) is 0.413. The van der Waals surface area contributed by atoms with Crippen molar-refractivity contribution in [3.8, 4) is 17.2 Å². The number of hydrogen-bond donors (Lipinski definition) is 1. The third-order valence-corrected chi connectivity index (χ3v) is 7.59. The second-order valence-corrected chi connectivity index (χ2v) is 11.0. The van der Waals surface area contributed by atoms with E-state index in [4.69, 9.17) is 14.2 Å². The van der Waals surface area contributed by atoms with Crippen LogP contribution in [0.15, 0.2) is 42.5 Å². The van der Waals surface area contributed by atoms with Gasteiger partial charge in [0.15, 0.2) is 11.5 Å². The van der Waals surface area contributed by atoms with E-state index in [1.165, 1.54) is 31.2 Å². The number of halogens is 1. The molecule has 2 aromatic carbocycles. The van der Waals surface area contributed by atoms with Gasteiger partial charge in [-0.05, 0) is 61.2 Å². The summed E-state index contributed by atoms with van der Waals surface area (Å²) in [4.78, 5) is 30.2. The van der Waals surface area contributed by atoms with Gasteiger partial charge in [0.1, 0.15) is 23.8 Å². The SMILES string of the molecule is COc1ccc(CN2CCN(C(C)=O)C[C@](O)(COc3ccc(F)cc3)C2)cc1OCCCN1CCCCCC1=O. The number of rotatable bonds is 11. The summed E-state index contributed by atoms with van der Waals surface area (Å²) < 4.78 is 30.7. The fraction of sp³-hybridized carbons (Fsp3) is 0.548. The first-order valence-electron chi connectivity index (χ1n) is 14.4. The number of carbonyl (C=O) groups excluding carboxylic acids is 2. The first-order valence-corrected chi connectivity index (χ1v) is 14.4. The van der Waals surface area contributed by atoms with Gasteiger partial charge in [-0.2, -0.15) is 0 Å². The lowest BCUT2D eigenvalue weighted by atomic mass is 10.0. The average molecular weight is 572 g/mol. The van der Waals surface area contributed by atoms with Crippen molar-refractivity contribution in [3.63, 3.8) is 0 Å². The van der Waals surface area contributed by atoms with Crippen molar-refractivity contribution in [2.75, 3.05) is 59.6 Å². The van der Waals surface area contributed by atoms with Crippen molar-refractivity contribution in [3.05, 3.63) is 53.8 Å². The number of amides is 2. The van der Waals surface area contributed by atoms with Crippen LogP contribution < -0.4 is 14.2 Å². The molecule has 2 heterocycles. The fourth-order valence-electron chi connectivity index (χ4n) is 5.39. The van der Waals surface area contributed by atoms with Crippen molar-refractivity contribution in [1.29, 1.82) is 0 Å². The molecule has 41 heavy (non-hydrogen) atoms. The monoisotopic (exact) mass is 571 g/mol. The molecule has 2 aliphatic heterocycles. The Morgan fingerprint density at radius 1 is 1.00 bits per heavy atom. The number of likely N-dealkylation sites (tertiary alicyclic amines) is 1. The zero-order valence-corrected chi connectivity index (χ0v) is 24.1. The van der Waals surface area contributed by atoms with Gasteiger partial charge >= 0.3 is 0 Å². The molecular formula is C31H42FN3O6. The number of benzene rings is 2. The van der Waals surface area contributed by atoms with E-state index in [9.17, 15) is 19.1 Å². The Kier molecular flexibility index (Phi) is 10.8. The van der Waals surface area contributed by atoms with Crippen LogP contribution in [-0.4, -0.2) is 96.8 Å². The maximum absolute atomic E-state index is 13.3. The topological polar surface area (TPSA) is 91.8 Å². The molecule has 0 bridgehead atoms. The second kappa shape index (κ2) is 14.5. The number of carbonyl (C=O) groups is 2. The first-order chi connectivity index (χ1) is 19.7. The normalized spacial score (nSPS) is 20.3. The zero-order valence-electron chi connectivity index (χ0n) is 24.1. The van der Waals surface area contributed by atoms with Crippen LogP contribution in [0, 0.1) is 5.82 Å². The summed E-state index contributed by atoms with van der Waals surface area (Å²) in [6, 6.07) is 11.4. The molecule has 0 unspecified atom stereocenters. The van der Waals surface area contributed by atoms with Crippen LogP contribution in [0.5, 0.6) is 17.2 Å². The fourth-order valence-corrected chi connectivity index (χ4v) is 5.39. The minimum atomic E-state index is -1.33. The maximum atomic E-state index is 13.3. The summed E-state index contributed by atoms with van der Waals surface area (Å²) in [5, 5.41) is 11.6. The number of hydrogen-bond acceptors (Lipinski definition) is 7. The Labute approximate surface area is 241 Å². The lowest BCUT2D eigenvalue weighted by molar-refractivity contribution is -0.132. The van der Waals surface area contributed by atoms with Crippen LogP contribution in [-0.2, 0) is 16.1 Å². The van der Waals surface area contributed by atoms with E-state index in [1.54, 1.807) is 12.0 Å². The summed E-state index contributed by atoms with van der Waals surface area (Å²) in [6.07, 6.45) is 4.48. The Morgan fingerprint density at radius 3 is 2.56 bits per heavy atom. The molecule has 0 radical (unpaired) electrons. The van der Waals surface area contributed by atoms with Crippen molar-refractivity contribution < 1.29 is 33.3 Å². The molecule has 0 aliphatic carbocycles. The molecule has 2 aliphatic rings. The standard InChI is InChI=1S/C31H42FN3O6/c1-24(36)35-17-16-33(21-31(38,22-35)23-41-27-11-9-26(32)10-12-27)20-25-8-13-28(39-2)29(19-25)40-18-6-15-34-14-5-3-4-7-30(34)37/h8-13,19,38H,3-7,14-18,20-23H2,1-2H3/t31-/m0/s1. The van der Waals surface area contributed by atoms with E-state index in [1.807, 2.05) is 23.1 Å². The minimum absolute atomic E-state index is 0.0462. The van der Waals surface area contributed by atoms with E-state index in [2.05, 4.69) is 4.90 Å². The van der Waals surface area contributed by atoms with E-state index in [-0.39, 0.29) is 37.3 Å². The molecule has 2 fully saturated rings. The lowest BCUT2D eigenvalue weighted by Gasteiger charge is -2.32. The van der Waals surface area contributed by atoms with Crippen molar-refractivity contribution in [1.82, 2.24) is 14.7 Å². The lowest BCUT2D eigenvalue weighted by Crippen LogP contribution is -2.51. The van der Waals surface area contributed by atoms with Gasteiger partial charge in [-0.1, -0.05) is 12.5 Å². The zero-order chi connectivity index (χ0) is 29.2. The van der Waals surface area contributed by atoms with Crippen LogP contribution in [0.4, 0.5) is 4.39 Å². The van der Waals surface area contributed by atoms with Gasteiger partial charge in [0.05, 0.1) is 20.3 Å². The molecule has 2 amide bonds. The highest BCUT2D eigenvalue weighted by molar-refractivity contribution is 5.76. The molecule has 2 saturated heterocycles. The summed E-state index contributed by atoms with van der Waals surface area (Å²) >= 11 is 0. The summed E-state index contributed by atoms with van der Waals surface area (Å²) in [7, 11) is 1.60. The summed E-state index contributed by atoms with van der Waals surface area (Å²) in [5.41, 5.74) is -0.353. The van der Waals surface area contributed by atoms with Crippen LogP contribution in [0.1, 0.15) is 44.6 Å². The minimum Gasteiger partial charge on any atom is -0.493 e. The second-order valence-electron chi connectivity index (χ2n) is 11.0. The predicted molar refractivity (Wildman–Crippen MR) is 153 cm³/mol. The van der Waals surface area contributed by atoms with Gasteiger partial charge in [0.2, 0.25) is 11.8 Å². The van der Waals surface area contributed by atoms with Gasteiger partial charge in [0.25, 0.3) is 0 Å². The molecule has 0 saturated carbocycles. The van der Waals surface area contributed by atoms with Crippen LogP contribution in [0.3, 0.4) is 0 Å². The van der Waals surface area contributed by atoms with E-state index < -0.39 is 5.60 Å². The summed E-state index contributed by atoms with van der Waals surface area (Å²) in [5.74, 6) is 1.45. The first kappa shape index (κ1) is 30.6. The molecule has 2 aromatic rings. The molecule has 4 rings (SSSR count). The third kappa shape index (κ3) is 9.06. The largest absolute Gasteiger partial charge is 0.493 e. The third-order valence-electron chi connectivity index (χ3n) is 7.59. The Hall–Kier alpha value is -3.37. The van der Waals surface area contributed by atoms with E-state index in [0.29, 0.717) is 56.5 Å². The molecule has 0 aromatic heterocycles. The van der Waals surface area contributed by atoms with Crippen LogP contribution >= 0.6 is 0 Å². The number of nitrogens with zero attached hydrogens (tertiary/aromatic N) is 3. The Balaban J connectivity index is 1.38. The molecule has 10 heteroatoms. The van der Waals surface area contributed by atoms with Crippen LogP contribution in [0.2, 0.25) is 0 Å². The maximum Gasteiger partial charge on any atom is 0.222 e. The number of methoxy groups -OCH3 is 1. The smallest absolute Gasteiger partial charge is 0.222 e. The highest BCUT2D eigenvalue weighted by Crippen LogP contribution is 2.29. The highest BCUT2D eigenvalue weighted by atomic mass is 19.1. The average Bonchev–Trinajstić information content (AvgIpc) is 3.26. The molecule has 0 spiro atoms. The van der Waals surface area contributed by atoms with Gasteiger partial charge < -0.3 is 29.1 Å². The number of aliphatic hydroxyl groups is 1. The van der Waals surface area contributed by atoms with Crippen molar-refractivity contribution in [2.45, 2.75) is 51.2 Å². The predicted octanol–water partition coefficient (Wildman–Crippen LogP) is 3.48. The van der Waals surface area contributed by atoms with Gasteiger partial charge in [-0.3, -0.25) is 14.5 Å². The molecular weight excluding hydrogens is 529 g/mol. The van der Waals surface area contributed by atoms with E-state index >= 15 is 0 Å². The molecule has 1 atom stereocenters. The van der Waals surface area contributed by atoms with Crippen LogP contribution in [0.25, 0.3) is 0 Å².